The summed E-state index contributed by atoms with van der Waals surface area (Å²) < 4.78 is 0. The normalized spacial score (nSPS) is 16.1. The fourth-order valence-corrected chi connectivity index (χ4v) is 3.13. The predicted octanol–water partition coefficient (Wildman–Crippen LogP) is 2.27. The third-order valence-electron chi connectivity index (χ3n) is 4.81. The number of amides is 2. The molecule has 2 aliphatic rings. The molecule has 2 N–H and O–H groups in total. The topological polar surface area (TPSA) is 91.0 Å². The van der Waals surface area contributed by atoms with Crippen molar-refractivity contribution in [1.29, 1.82) is 0 Å². The van der Waals surface area contributed by atoms with Gasteiger partial charge in [-0.15, -0.1) is 0 Å². The number of nitrogens with one attached hydrogen (secondary N) is 2. The van der Waals surface area contributed by atoms with Crippen molar-refractivity contribution in [3.8, 4) is 0 Å². The van der Waals surface area contributed by atoms with E-state index in [-0.39, 0.29) is 18.2 Å². The lowest BCUT2D eigenvalue weighted by molar-refractivity contribution is -0.124. The Morgan fingerprint density at radius 2 is 2.22 bits per heavy atom. The summed E-state index contributed by atoms with van der Waals surface area (Å²) in [6.45, 7) is 4.61. The summed E-state index contributed by atoms with van der Waals surface area (Å²) in [4.78, 5) is 30.0. The molecule has 2 aromatic rings. The van der Waals surface area contributed by atoms with E-state index in [9.17, 15) is 9.59 Å². The molecule has 4 rings (SSSR count). The molecule has 1 saturated carbocycles. The summed E-state index contributed by atoms with van der Waals surface area (Å²) in [7, 11) is 0. The highest BCUT2D eigenvalue weighted by molar-refractivity contribution is 5.91. The second kappa shape index (κ2) is 7.19. The van der Waals surface area contributed by atoms with Crippen molar-refractivity contribution in [3.05, 3.63) is 60.1 Å². The first kappa shape index (κ1) is 17.2. The molecule has 138 valence electrons. The van der Waals surface area contributed by atoms with Crippen LogP contribution < -0.4 is 5.32 Å². The fourth-order valence-electron chi connectivity index (χ4n) is 3.13. The first-order valence-electron chi connectivity index (χ1n) is 9.03. The lowest BCUT2D eigenvalue weighted by Crippen LogP contribution is -2.26. The standard InChI is InChI=1S/C20H21N5O2/c1-2-20(27)25-8-7-15(12-25)16-6-3-13(11-21-16)9-19(26)22-18-10-17(23-24-18)14-4-5-14/h2-3,6-7,10-11,14H,1,4-5,8-9,12H2,(H2,22,23,24,26). The molecule has 27 heavy (non-hydrogen) atoms. The van der Waals surface area contributed by atoms with E-state index in [1.54, 1.807) is 11.1 Å². The Balaban J connectivity index is 1.32. The van der Waals surface area contributed by atoms with Crippen molar-refractivity contribution < 1.29 is 9.59 Å². The SMILES string of the molecule is C=CC(=O)N1CC=C(c2ccc(CC(=O)Nc3cc(C4CC4)[nH]n3)cn2)C1. The Labute approximate surface area is 157 Å². The van der Waals surface area contributed by atoms with Crippen LogP contribution in [0.2, 0.25) is 0 Å². The maximum Gasteiger partial charge on any atom is 0.246 e. The van der Waals surface area contributed by atoms with Crippen molar-refractivity contribution in [3.63, 3.8) is 0 Å². The van der Waals surface area contributed by atoms with Crippen LogP contribution in [0.1, 0.15) is 35.7 Å². The minimum absolute atomic E-state index is 0.0854. The first-order valence-corrected chi connectivity index (χ1v) is 9.03. The largest absolute Gasteiger partial charge is 0.331 e. The van der Waals surface area contributed by atoms with Crippen LogP contribution in [-0.4, -0.2) is 45.0 Å². The number of hydrogen-bond donors (Lipinski definition) is 2. The molecule has 1 aliphatic heterocycles. The molecule has 0 unspecified atom stereocenters. The van der Waals surface area contributed by atoms with Gasteiger partial charge >= 0.3 is 0 Å². The molecule has 1 aliphatic carbocycles. The Hall–Kier alpha value is -3.22. The van der Waals surface area contributed by atoms with Gasteiger partial charge in [-0.1, -0.05) is 18.7 Å². The summed E-state index contributed by atoms with van der Waals surface area (Å²) in [5, 5.41) is 9.92. The van der Waals surface area contributed by atoms with Gasteiger partial charge in [-0.05, 0) is 36.1 Å². The van der Waals surface area contributed by atoms with E-state index in [2.05, 4.69) is 27.1 Å². The van der Waals surface area contributed by atoms with Crippen molar-refractivity contribution in [2.24, 2.45) is 0 Å². The molecule has 7 heteroatoms. The first-order chi connectivity index (χ1) is 13.1. The summed E-state index contributed by atoms with van der Waals surface area (Å²) >= 11 is 0. The van der Waals surface area contributed by atoms with Crippen molar-refractivity contribution in [1.82, 2.24) is 20.1 Å². The third kappa shape index (κ3) is 3.97. The van der Waals surface area contributed by atoms with Crippen molar-refractivity contribution in [2.45, 2.75) is 25.2 Å². The van der Waals surface area contributed by atoms with Gasteiger partial charge in [0.05, 0.1) is 12.1 Å². The second-order valence-electron chi connectivity index (χ2n) is 6.91. The highest BCUT2D eigenvalue weighted by Gasteiger charge is 2.25. The van der Waals surface area contributed by atoms with Crippen LogP contribution in [0.15, 0.2) is 43.1 Å². The summed E-state index contributed by atoms with van der Waals surface area (Å²) in [5.41, 5.74) is 3.74. The van der Waals surface area contributed by atoms with Gasteiger partial charge in [0.2, 0.25) is 11.8 Å². The Morgan fingerprint density at radius 1 is 1.37 bits per heavy atom. The molecule has 7 nitrogen and oxygen atoms in total. The van der Waals surface area contributed by atoms with E-state index in [1.165, 1.54) is 18.9 Å². The van der Waals surface area contributed by atoms with Gasteiger partial charge < -0.3 is 10.2 Å². The zero-order chi connectivity index (χ0) is 18.8. The number of carbonyl (C=O) groups is 2. The van der Waals surface area contributed by atoms with Gasteiger partial charge in [-0.3, -0.25) is 19.7 Å². The Kier molecular flexibility index (Phi) is 4.58. The van der Waals surface area contributed by atoms with Crippen LogP contribution in [0.5, 0.6) is 0 Å². The lowest BCUT2D eigenvalue weighted by atomic mass is 10.1. The zero-order valence-electron chi connectivity index (χ0n) is 14.9. The number of rotatable bonds is 6. The Bertz CT molecular complexity index is 909. The molecule has 0 aromatic carbocycles. The maximum atomic E-state index is 12.2. The van der Waals surface area contributed by atoms with E-state index in [0.717, 1.165) is 22.5 Å². The number of nitrogens with zero attached hydrogens (tertiary/aromatic N) is 3. The number of H-pyrrole nitrogens is 1. The highest BCUT2D eigenvalue weighted by Crippen LogP contribution is 2.39. The van der Waals surface area contributed by atoms with E-state index in [1.807, 2.05) is 24.3 Å². The van der Waals surface area contributed by atoms with E-state index < -0.39 is 0 Å². The summed E-state index contributed by atoms with van der Waals surface area (Å²) in [6.07, 6.45) is 7.62. The third-order valence-corrected chi connectivity index (χ3v) is 4.81. The smallest absolute Gasteiger partial charge is 0.246 e. The molecule has 0 bridgehead atoms. The van der Waals surface area contributed by atoms with Gasteiger partial charge in [0.15, 0.2) is 5.82 Å². The number of hydrogen-bond acceptors (Lipinski definition) is 4. The minimum atomic E-state index is -0.124. The quantitative estimate of drug-likeness (QED) is 0.770. The minimum Gasteiger partial charge on any atom is -0.331 e. The van der Waals surface area contributed by atoms with Crippen LogP contribution in [-0.2, 0) is 16.0 Å². The average molecular weight is 363 g/mol. The molecule has 1 fully saturated rings. The Morgan fingerprint density at radius 3 is 2.93 bits per heavy atom. The number of anilines is 1. The van der Waals surface area contributed by atoms with Crippen LogP contribution in [0.4, 0.5) is 5.82 Å². The molecule has 2 amide bonds. The maximum absolute atomic E-state index is 12.2. The molecule has 0 spiro atoms. The zero-order valence-corrected chi connectivity index (χ0v) is 14.9. The molecule has 0 saturated heterocycles. The van der Waals surface area contributed by atoms with E-state index in [0.29, 0.717) is 24.8 Å². The van der Waals surface area contributed by atoms with Gasteiger partial charge in [0.1, 0.15) is 0 Å². The van der Waals surface area contributed by atoms with Crippen molar-refractivity contribution >= 4 is 23.2 Å². The monoisotopic (exact) mass is 363 g/mol. The molecular formula is C20H21N5O2. The summed E-state index contributed by atoms with van der Waals surface area (Å²) in [6, 6.07) is 5.68. The number of aromatic amines is 1. The van der Waals surface area contributed by atoms with Gasteiger partial charge in [0, 0.05) is 37.0 Å². The van der Waals surface area contributed by atoms with Crippen LogP contribution >= 0.6 is 0 Å². The number of aromatic nitrogens is 3. The molecule has 2 aromatic heterocycles. The van der Waals surface area contributed by atoms with E-state index in [4.69, 9.17) is 0 Å². The molecule has 0 radical (unpaired) electrons. The number of pyridine rings is 1. The molecule has 3 heterocycles. The van der Waals surface area contributed by atoms with Gasteiger partial charge in [-0.2, -0.15) is 5.10 Å². The average Bonchev–Trinajstić information content (AvgIpc) is 3.22. The number of carbonyl (C=O) groups excluding carboxylic acids is 2. The van der Waals surface area contributed by atoms with Crippen LogP contribution in [0.25, 0.3) is 5.57 Å². The van der Waals surface area contributed by atoms with Crippen molar-refractivity contribution in [2.75, 3.05) is 18.4 Å². The lowest BCUT2D eigenvalue weighted by Gasteiger charge is -2.13. The summed E-state index contributed by atoms with van der Waals surface area (Å²) in [5.74, 6) is 0.927. The van der Waals surface area contributed by atoms with E-state index >= 15 is 0 Å². The second-order valence-corrected chi connectivity index (χ2v) is 6.91. The van der Waals surface area contributed by atoms with Crippen LogP contribution in [0.3, 0.4) is 0 Å². The van der Waals surface area contributed by atoms with Gasteiger partial charge in [0.25, 0.3) is 0 Å². The van der Waals surface area contributed by atoms with Gasteiger partial charge in [-0.25, -0.2) is 0 Å². The van der Waals surface area contributed by atoms with Crippen LogP contribution in [0, 0.1) is 0 Å². The molecular weight excluding hydrogens is 342 g/mol. The highest BCUT2D eigenvalue weighted by atomic mass is 16.2. The molecule has 0 atom stereocenters. The predicted molar refractivity (Wildman–Crippen MR) is 102 cm³/mol. The fraction of sp³-hybridized carbons (Fsp3) is 0.300.